The number of aromatic nitrogens is 1. The fourth-order valence-electron chi connectivity index (χ4n) is 6.56. The Bertz CT molecular complexity index is 1390. The van der Waals surface area contributed by atoms with E-state index in [9.17, 15) is 14.4 Å². The molecule has 54 heavy (non-hydrogen) atoms. The van der Waals surface area contributed by atoms with Gasteiger partial charge in [-0.25, -0.2) is 14.6 Å². The Labute approximate surface area is 332 Å². The number of thiazole rings is 1. The molecule has 1 aromatic heterocycles. The average Bonchev–Trinajstić information content (AvgIpc) is 3.72. The second-order valence-electron chi connectivity index (χ2n) is 18.1. The Hall–Kier alpha value is -2.51. The van der Waals surface area contributed by atoms with Gasteiger partial charge >= 0.3 is 12.1 Å². The van der Waals surface area contributed by atoms with Crippen LogP contribution >= 0.6 is 11.3 Å². The van der Waals surface area contributed by atoms with E-state index < -0.39 is 43.7 Å². The number of nitrogens with one attached hydrogen (secondary N) is 1. The summed E-state index contributed by atoms with van der Waals surface area (Å²) in [6.45, 7) is 31.6. The summed E-state index contributed by atoms with van der Waals surface area (Å²) in [5.74, 6) is -1.07. The van der Waals surface area contributed by atoms with Crippen LogP contribution in [0.4, 0.5) is 4.79 Å². The molecule has 0 unspecified atom stereocenters. The fraction of sp³-hybridized carbons (Fsp3) is 0.829. The van der Waals surface area contributed by atoms with Crippen LogP contribution in [0.15, 0.2) is 5.38 Å². The summed E-state index contributed by atoms with van der Waals surface area (Å²) in [7, 11) is -2.36. The normalized spacial score (nSPS) is 18.9. The molecule has 11 nitrogen and oxygen atoms in total. The molecule has 2 rings (SSSR count). The van der Waals surface area contributed by atoms with Crippen molar-refractivity contribution in [1.82, 2.24) is 20.1 Å². The summed E-state index contributed by atoms with van der Waals surface area (Å²) >= 11 is 1.39. The Kier molecular flexibility index (Phi) is 17.7. The smallest absolute Gasteiger partial charge is 0.411 e. The minimum absolute atomic E-state index is 0.0402. The third-order valence-electron chi connectivity index (χ3n) is 11.2. The number of amides is 3. The Morgan fingerprint density at radius 1 is 1.04 bits per heavy atom. The van der Waals surface area contributed by atoms with E-state index in [1.165, 1.54) is 16.2 Å². The molecule has 1 aromatic rings. The van der Waals surface area contributed by atoms with Crippen molar-refractivity contribution in [2.24, 2.45) is 11.8 Å². The zero-order valence-corrected chi connectivity index (χ0v) is 38.2. The summed E-state index contributed by atoms with van der Waals surface area (Å²) in [6.07, 6.45) is 5.23. The highest BCUT2D eigenvalue weighted by Gasteiger charge is 2.49. The molecule has 3 amide bonds. The minimum atomic E-state index is -2.36. The van der Waals surface area contributed by atoms with E-state index in [0.29, 0.717) is 43.8 Å². The van der Waals surface area contributed by atoms with Gasteiger partial charge in [0, 0.05) is 24.5 Å². The molecule has 1 aliphatic heterocycles. The number of esters is 1. The summed E-state index contributed by atoms with van der Waals surface area (Å²) in [5.41, 5.74) is -1.60. The van der Waals surface area contributed by atoms with Crippen LogP contribution in [-0.4, -0.2) is 89.9 Å². The molecule has 5 atom stereocenters. The van der Waals surface area contributed by atoms with Crippen molar-refractivity contribution >= 4 is 43.5 Å². The molecule has 0 saturated carbocycles. The lowest BCUT2D eigenvalue weighted by Gasteiger charge is -2.43. The zero-order valence-electron chi connectivity index (χ0n) is 36.3. The van der Waals surface area contributed by atoms with Gasteiger partial charge in [0.25, 0.3) is 0 Å². The fourth-order valence-corrected chi connectivity index (χ4v) is 8.75. The molecule has 1 saturated heterocycles. The number of rotatable bonds is 19. The summed E-state index contributed by atoms with van der Waals surface area (Å²) in [6, 6.07) is -1.06. The molecular weight excluding hydrogens is 721 g/mol. The van der Waals surface area contributed by atoms with Crippen LogP contribution in [0.3, 0.4) is 0 Å². The molecule has 1 fully saturated rings. The maximum atomic E-state index is 15.1. The molecule has 0 aliphatic carbocycles. The molecule has 0 spiro atoms. The van der Waals surface area contributed by atoms with Crippen LogP contribution in [0.5, 0.6) is 0 Å². The van der Waals surface area contributed by atoms with Crippen LogP contribution in [0.25, 0.3) is 0 Å². The van der Waals surface area contributed by atoms with Gasteiger partial charge in [0.05, 0.1) is 12.7 Å². The lowest BCUT2D eigenvalue weighted by Crippen LogP contribution is -2.62. The highest BCUT2D eigenvalue weighted by Crippen LogP contribution is 2.42. The number of nitrogens with zero attached hydrogens (tertiary/aromatic N) is 3. The number of hydrogen-bond donors (Lipinski definition) is 1. The Balaban J connectivity index is 2.61. The number of unbranched alkanes of at least 4 members (excludes halogenated alkanes) is 3. The SMILES string of the molecule is CCCCCCN(C(=O)[C@@H](NC(=O)[C@@]1(C)CCCN1C(=O)OC(C)(C)C)[C@@H](C)CC)[C@H](C[C@@H](O[Si](C)(C)C(C)(C)C)c1nc(C(=O)OCC)cs1)C(C)C. The third kappa shape index (κ3) is 12.8. The van der Waals surface area contributed by atoms with Crippen LogP contribution in [0, 0.1) is 11.8 Å². The number of carbonyl (C=O) groups is 4. The summed E-state index contributed by atoms with van der Waals surface area (Å²) in [4.78, 5) is 63.7. The minimum Gasteiger partial charge on any atom is -0.461 e. The molecule has 0 bridgehead atoms. The van der Waals surface area contributed by atoms with E-state index in [-0.39, 0.29) is 47.0 Å². The van der Waals surface area contributed by atoms with Gasteiger partial charge in [0.1, 0.15) is 22.2 Å². The van der Waals surface area contributed by atoms with Gasteiger partial charge in [-0.15, -0.1) is 11.3 Å². The largest absolute Gasteiger partial charge is 0.461 e. The van der Waals surface area contributed by atoms with Crippen molar-refractivity contribution in [2.75, 3.05) is 19.7 Å². The maximum absolute atomic E-state index is 15.1. The number of ether oxygens (including phenoxy) is 2. The van der Waals surface area contributed by atoms with E-state index in [1.54, 1.807) is 19.2 Å². The van der Waals surface area contributed by atoms with Crippen molar-refractivity contribution in [3.63, 3.8) is 0 Å². The molecule has 1 aliphatic rings. The van der Waals surface area contributed by atoms with Crippen LogP contribution < -0.4 is 5.32 Å². The third-order valence-corrected chi connectivity index (χ3v) is 16.6. The first-order chi connectivity index (χ1) is 24.9. The lowest BCUT2D eigenvalue weighted by molar-refractivity contribution is -0.143. The van der Waals surface area contributed by atoms with Gasteiger partial charge in [-0.1, -0.05) is 81.1 Å². The summed E-state index contributed by atoms with van der Waals surface area (Å²) in [5, 5.41) is 5.50. The van der Waals surface area contributed by atoms with Gasteiger partial charge < -0.3 is 24.1 Å². The van der Waals surface area contributed by atoms with E-state index in [0.717, 1.165) is 25.7 Å². The molecule has 2 heterocycles. The Morgan fingerprint density at radius 2 is 1.69 bits per heavy atom. The van der Waals surface area contributed by atoms with E-state index in [1.807, 2.05) is 39.5 Å². The lowest BCUT2D eigenvalue weighted by atomic mass is 9.91. The first kappa shape index (κ1) is 47.6. The predicted octanol–water partition coefficient (Wildman–Crippen LogP) is 9.53. The number of hydrogen-bond acceptors (Lipinski definition) is 9. The molecular formula is C41H74N4O7SSi. The van der Waals surface area contributed by atoms with E-state index in [2.05, 4.69) is 60.0 Å². The quantitative estimate of drug-likeness (QED) is 0.0834. The molecule has 310 valence electrons. The van der Waals surface area contributed by atoms with Crippen molar-refractivity contribution in [2.45, 2.75) is 189 Å². The maximum Gasteiger partial charge on any atom is 0.411 e. The Morgan fingerprint density at radius 3 is 2.22 bits per heavy atom. The standard InChI is InChI=1S/C41H74N4O7SSi/c1-16-19-20-21-24-44(35(46)33(29(6)17-2)43-37(48)41(13)23-22-25-45(41)38(49)51-39(7,8)9)31(28(4)5)26-32(52-54(14,15)40(10,11)12)34-42-30(27-53-34)36(47)50-18-3/h27-29,31-33H,16-26H2,1-15H3,(H,43,48)/t29-,31+,32+,33-,41+/m0/s1. The van der Waals surface area contributed by atoms with Gasteiger partial charge in [-0.2, -0.15) is 0 Å². The highest BCUT2D eigenvalue weighted by molar-refractivity contribution is 7.09. The molecule has 0 aromatic carbocycles. The van der Waals surface area contributed by atoms with Crippen molar-refractivity contribution in [3.8, 4) is 0 Å². The number of carbonyl (C=O) groups excluding carboxylic acids is 4. The van der Waals surface area contributed by atoms with Crippen molar-refractivity contribution in [3.05, 3.63) is 16.1 Å². The van der Waals surface area contributed by atoms with E-state index in [4.69, 9.17) is 18.9 Å². The number of likely N-dealkylation sites (tertiary alicyclic amines) is 1. The highest BCUT2D eigenvalue weighted by atomic mass is 32.1. The van der Waals surface area contributed by atoms with Gasteiger partial charge in [0.2, 0.25) is 11.8 Å². The summed E-state index contributed by atoms with van der Waals surface area (Å²) < 4.78 is 18.1. The van der Waals surface area contributed by atoms with Crippen LogP contribution in [0.2, 0.25) is 18.1 Å². The van der Waals surface area contributed by atoms with Gasteiger partial charge in [-0.05, 0) is 90.3 Å². The topological polar surface area (TPSA) is 127 Å². The molecule has 1 N–H and O–H groups in total. The van der Waals surface area contributed by atoms with Crippen molar-refractivity contribution < 1.29 is 33.1 Å². The second-order valence-corrected chi connectivity index (χ2v) is 23.8. The first-order valence-electron chi connectivity index (χ1n) is 20.4. The van der Waals surface area contributed by atoms with E-state index >= 15 is 4.79 Å². The first-order valence-corrected chi connectivity index (χ1v) is 24.1. The molecule has 0 radical (unpaired) electrons. The average molecular weight is 795 g/mol. The van der Waals surface area contributed by atoms with Crippen LogP contribution in [-0.2, 0) is 23.5 Å². The molecule has 13 heteroatoms. The van der Waals surface area contributed by atoms with Gasteiger partial charge in [0.15, 0.2) is 14.0 Å². The monoisotopic (exact) mass is 795 g/mol. The van der Waals surface area contributed by atoms with Crippen molar-refractivity contribution in [1.29, 1.82) is 0 Å². The van der Waals surface area contributed by atoms with Gasteiger partial charge in [-0.3, -0.25) is 14.5 Å². The predicted molar refractivity (Wildman–Crippen MR) is 220 cm³/mol. The second kappa shape index (κ2) is 20.1. The van der Waals surface area contributed by atoms with Crippen LogP contribution in [0.1, 0.15) is 163 Å². The zero-order chi connectivity index (χ0) is 41.2.